The number of aromatic nitrogens is 2. The third-order valence-electron chi connectivity index (χ3n) is 11.8. The van der Waals surface area contributed by atoms with Crippen molar-refractivity contribution in [1.82, 2.24) is 8.80 Å². The Hall–Kier alpha value is -7.62. The summed E-state index contributed by atoms with van der Waals surface area (Å²) < 4.78 is 5.02. The average molecular weight is 726 g/mol. The van der Waals surface area contributed by atoms with Crippen LogP contribution in [-0.2, 0) is 0 Å². The molecule has 0 N–H and O–H groups in total. The van der Waals surface area contributed by atoms with E-state index in [1.54, 1.807) is 0 Å². The van der Waals surface area contributed by atoms with Gasteiger partial charge in [-0.05, 0) is 82.9 Å². The zero-order valence-electron chi connectivity index (χ0n) is 31.0. The van der Waals surface area contributed by atoms with E-state index in [-0.39, 0.29) is 0 Å². The molecule has 3 heterocycles. The predicted octanol–water partition coefficient (Wildman–Crippen LogP) is 14.8. The molecule has 0 fully saturated rings. The van der Waals surface area contributed by atoms with E-state index in [1.807, 2.05) is 0 Å². The Kier molecular flexibility index (Phi) is 6.93. The maximum Gasteiger partial charge on any atom is 0.0709 e. The Balaban J connectivity index is 1.13. The topological polar surface area (TPSA) is 12.1 Å². The second kappa shape index (κ2) is 12.5. The first-order valence-corrected chi connectivity index (χ1v) is 19.6. The summed E-state index contributed by atoms with van der Waals surface area (Å²) in [6.45, 7) is 0. The number of para-hydroxylation sites is 5. The molecule has 0 amide bonds. The van der Waals surface area contributed by atoms with Gasteiger partial charge >= 0.3 is 0 Å². The van der Waals surface area contributed by atoms with Crippen LogP contribution in [0.3, 0.4) is 0 Å². The van der Waals surface area contributed by atoms with Crippen molar-refractivity contribution in [2.75, 3.05) is 4.90 Å². The molecule has 0 aliphatic rings. The fourth-order valence-corrected chi connectivity index (χ4v) is 9.33. The third-order valence-corrected chi connectivity index (χ3v) is 11.8. The van der Waals surface area contributed by atoms with Crippen molar-refractivity contribution < 1.29 is 0 Å². The highest BCUT2D eigenvalue weighted by Gasteiger charge is 2.20. The second-order valence-corrected chi connectivity index (χ2v) is 14.9. The van der Waals surface area contributed by atoms with E-state index < -0.39 is 0 Å². The molecular weight excluding hydrogens is 691 g/mol. The van der Waals surface area contributed by atoms with E-state index in [1.165, 1.54) is 65.5 Å². The van der Waals surface area contributed by atoms with Gasteiger partial charge in [-0.1, -0.05) is 152 Å². The number of rotatable bonds is 5. The van der Waals surface area contributed by atoms with Crippen molar-refractivity contribution in [2.24, 2.45) is 0 Å². The number of fused-ring (bicyclic) bond motifs is 10. The van der Waals surface area contributed by atoms with Crippen LogP contribution in [0.25, 0.3) is 87.7 Å². The van der Waals surface area contributed by atoms with Crippen molar-refractivity contribution in [3.63, 3.8) is 0 Å². The lowest BCUT2D eigenvalue weighted by Crippen LogP contribution is -2.09. The molecule has 0 radical (unpaired) electrons. The van der Waals surface area contributed by atoms with Crippen molar-refractivity contribution in [3.8, 4) is 22.3 Å². The van der Waals surface area contributed by atoms with Crippen LogP contribution >= 0.6 is 0 Å². The summed E-state index contributed by atoms with van der Waals surface area (Å²) in [4.78, 5) is 2.35. The molecule has 12 aromatic rings. The van der Waals surface area contributed by atoms with E-state index in [9.17, 15) is 0 Å². The van der Waals surface area contributed by atoms with Crippen LogP contribution in [0.4, 0.5) is 17.1 Å². The maximum absolute atomic E-state index is 2.52. The summed E-state index contributed by atoms with van der Waals surface area (Å²) in [7, 11) is 0. The first kappa shape index (κ1) is 31.7. The third kappa shape index (κ3) is 4.79. The Morgan fingerprint density at radius 1 is 0.246 bits per heavy atom. The van der Waals surface area contributed by atoms with Gasteiger partial charge in [0.15, 0.2) is 0 Å². The molecule has 3 heteroatoms. The summed E-state index contributed by atoms with van der Waals surface area (Å²) in [6.07, 6.45) is 0. The molecule has 0 aliphatic heterocycles. The molecule has 266 valence electrons. The lowest BCUT2D eigenvalue weighted by molar-refractivity contribution is 1.28. The fraction of sp³-hybridized carbons (Fsp3) is 0. The van der Waals surface area contributed by atoms with E-state index in [4.69, 9.17) is 0 Å². The van der Waals surface area contributed by atoms with Gasteiger partial charge in [0.25, 0.3) is 0 Å². The number of hydrogen-bond acceptors (Lipinski definition) is 1. The summed E-state index contributed by atoms with van der Waals surface area (Å²) in [5.41, 5.74) is 15.3. The zero-order chi connectivity index (χ0) is 37.5. The van der Waals surface area contributed by atoms with Gasteiger partial charge in [0.2, 0.25) is 0 Å². The molecule has 0 bridgehead atoms. The van der Waals surface area contributed by atoms with Gasteiger partial charge in [0, 0.05) is 49.4 Å². The molecule has 3 nitrogen and oxygen atoms in total. The standard InChI is InChI=1S/C54H35N3/c1-3-14-36(15-4-1)37-28-31-41(32-29-37)55(40-17-5-2-6-18-40)42-19-11-16-38(34-42)39-30-33-51-52(35-39)57-50-27-10-8-21-44(50)46-23-13-25-48(54(46)57)47-24-12-22-45-43-20-7-9-26-49(43)56(51)53(45)47/h1-35H. The molecular formula is C54H35N3. The minimum Gasteiger partial charge on any atom is -0.310 e. The van der Waals surface area contributed by atoms with Crippen LogP contribution in [0, 0.1) is 0 Å². The molecule has 0 aliphatic carbocycles. The molecule has 3 aromatic heterocycles. The van der Waals surface area contributed by atoms with E-state index >= 15 is 0 Å². The minimum absolute atomic E-state index is 1.10. The molecule has 9 aromatic carbocycles. The molecule has 0 saturated carbocycles. The average Bonchev–Trinajstić information content (AvgIpc) is 3.80. The van der Waals surface area contributed by atoms with Crippen LogP contribution in [-0.4, -0.2) is 8.80 Å². The molecule has 12 rings (SSSR count). The Bertz CT molecular complexity index is 3500. The summed E-state index contributed by atoms with van der Waals surface area (Å²) in [5.74, 6) is 0. The Morgan fingerprint density at radius 3 is 1.32 bits per heavy atom. The lowest BCUT2D eigenvalue weighted by Gasteiger charge is -2.26. The highest BCUT2D eigenvalue weighted by atomic mass is 15.1. The van der Waals surface area contributed by atoms with E-state index in [2.05, 4.69) is 226 Å². The van der Waals surface area contributed by atoms with Crippen molar-refractivity contribution in [3.05, 3.63) is 212 Å². The molecule has 57 heavy (non-hydrogen) atoms. The largest absolute Gasteiger partial charge is 0.310 e. The van der Waals surface area contributed by atoms with Crippen LogP contribution in [0.15, 0.2) is 212 Å². The second-order valence-electron chi connectivity index (χ2n) is 14.9. The van der Waals surface area contributed by atoms with Crippen LogP contribution in [0.1, 0.15) is 0 Å². The van der Waals surface area contributed by atoms with Gasteiger partial charge < -0.3 is 13.7 Å². The van der Waals surface area contributed by atoms with Gasteiger partial charge in [-0.15, -0.1) is 0 Å². The van der Waals surface area contributed by atoms with E-state index in [0.29, 0.717) is 0 Å². The first-order valence-electron chi connectivity index (χ1n) is 19.6. The zero-order valence-corrected chi connectivity index (χ0v) is 31.0. The normalized spacial score (nSPS) is 11.9. The van der Waals surface area contributed by atoms with Crippen LogP contribution < -0.4 is 4.90 Å². The monoisotopic (exact) mass is 725 g/mol. The van der Waals surface area contributed by atoms with Crippen molar-refractivity contribution >= 4 is 82.5 Å². The molecule has 0 unspecified atom stereocenters. The summed E-state index contributed by atoms with van der Waals surface area (Å²) in [6, 6.07) is 77.5. The van der Waals surface area contributed by atoms with Gasteiger partial charge in [0.05, 0.1) is 33.1 Å². The van der Waals surface area contributed by atoms with Crippen LogP contribution in [0.2, 0.25) is 0 Å². The lowest BCUT2D eigenvalue weighted by atomic mass is 10.0. The highest BCUT2D eigenvalue weighted by Crippen LogP contribution is 2.42. The quantitative estimate of drug-likeness (QED) is 0.172. The first-order chi connectivity index (χ1) is 28.3. The molecule has 0 spiro atoms. The SMILES string of the molecule is c1ccc(-c2ccc(N(c3ccccc3)c3cccc(-c4ccc5c(c4)n4c6ccccc6c6cccc(c7cccc8c9ccccc9n5c87)c64)c3)cc2)cc1. The van der Waals surface area contributed by atoms with Crippen molar-refractivity contribution in [1.29, 1.82) is 0 Å². The Labute approximate surface area is 329 Å². The maximum atomic E-state index is 2.52. The predicted molar refractivity (Wildman–Crippen MR) is 241 cm³/mol. The number of hydrogen-bond donors (Lipinski definition) is 0. The minimum atomic E-state index is 1.10. The summed E-state index contributed by atoms with van der Waals surface area (Å²) in [5, 5.41) is 7.54. The number of nitrogens with zero attached hydrogens (tertiary/aromatic N) is 3. The molecule has 0 atom stereocenters. The number of benzene rings is 9. The highest BCUT2D eigenvalue weighted by molar-refractivity contribution is 6.25. The van der Waals surface area contributed by atoms with E-state index in [0.717, 1.165) is 39.2 Å². The van der Waals surface area contributed by atoms with Gasteiger partial charge in [0.1, 0.15) is 0 Å². The smallest absolute Gasteiger partial charge is 0.0709 e. The summed E-state index contributed by atoms with van der Waals surface area (Å²) >= 11 is 0. The van der Waals surface area contributed by atoms with Gasteiger partial charge in [-0.25, -0.2) is 0 Å². The fourth-order valence-electron chi connectivity index (χ4n) is 9.33. The molecule has 0 saturated heterocycles. The Morgan fingerprint density at radius 2 is 0.667 bits per heavy atom. The van der Waals surface area contributed by atoms with Gasteiger partial charge in [-0.3, -0.25) is 0 Å². The van der Waals surface area contributed by atoms with Crippen LogP contribution in [0.5, 0.6) is 0 Å². The van der Waals surface area contributed by atoms with Gasteiger partial charge in [-0.2, -0.15) is 0 Å². The van der Waals surface area contributed by atoms with Crippen molar-refractivity contribution in [2.45, 2.75) is 0 Å². The number of anilines is 3.